The van der Waals surface area contributed by atoms with Crippen molar-refractivity contribution in [3.8, 4) is 28.7 Å². The van der Waals surface area contributed by atoms with Crippen LogP contribution in [0.5, 0.6) is 5.75 Å². The van der Waals surface area contributed by atoms with Gasteiger partial charge in [-0.05, 0) is 71.3 Å². The van der Waals surface area contributed by atoms with Gasteiger partial charge in [0.25, 0.3) is 0 Å². The van der Waals surface area contributed by atoms with Crippen LogP contribution in [-0.4, -0.2) is 6.61 Å². The molecule has 0 radical (unpaired) electrons. The molecule has 4 rings (SSSR count). The molecule has 0 unspecified atom stereocenters. The normalized spacial score (nSPS) is 10.7. The van der Waals surface area contributed by atoms with Crippen molar-refractivity contribution in [3.63, 3.8) is 0 Å². The van der Waals surface area contributed by atoms with Crippen molar-refractivity contribution in [1.82, 2.24) is 0 Å². The van der Waals surface area contributed by atoms with Gasteiger partial charge in [0.05, 0.1) is 6.61 Å². The van der Waals surface area contributed by atoms with Crippen LogP contribution in [0, 0.1) is 29.3 Å². The molecular formula is C29H23F3O. The molecule has 0 amide bonds. The molecule has 0 bridgehead atoms. The summed E-state index contributed by atoms with van der Waals surface area (Å²) in [4.78, 5) is 0. The molecule has 0 atom stereocenters. The number of unbranched alkanes of at least 4 members (excludes halogenated alkanes) is 2. The van der Waals surface area contributed by atoms with Gasteiger partial charge in [-0.25, -0.2) is 13.2 Å². The lowest BCUT2D eigenvalue weighted by Crippen LogP contribution is -1.97. The maximum absolute atomic E-state index is 14.6. The highest BCUT2D eigenvalue weighted by atomic mass is 19.2. The fourth-order valence-corrected chi connectivity index (χ4v) is 3.56. The number of fused-ring (bicyclic) bond motifs is 1. The van der Waals surface area contributed by atoms with Gasteiger partial charge in [-0.2, -0.15) is 0 Å². The maximum Gasteiger partial charge on any atom is 0.159 e. The molecule has 0 heterocycles. The minimum atomic E-state index is -0.883. The van der Waals surface area contributed by atoms with Crippen molar-refractivity contribution >= 4 is 10.8 Å². The van der Waals surface area contributed by atoms with Crippen molar-refractivity contribution in [1.29, 1.82) is 0 Å². The highest BCUT2D eigenvalue weighted by Crippen LogP contribution is 2.27. The van der Waals surface area contributed by atoms with E-state index in [1.807, 2.05) is 24.3 Å². The van der Waals surface area contributed by atoms with Gasteiger partial charge < -0.3 is 4.74 Å². The summed E-state index contributed by atoms with van der Waals surface area (Å²) in [5, 5.41) is 1.20. The molecule has 0 spiro atoms. The molecular weight excluding hydrogens is 421 g/mol. The molecule has 0 aliphatic carbocycles. The molecule has 0 aromatic heterocycles. The third-order valence-electron chi connectivity index (χ3n) is 5.38. The Balaban J connectivity index is 1.48. The predicted octanol–water partition coefficient (Wildman–Crippen LogP) is 7.89. The molecule has 0 aliphatic heterocycles. The second-order valence-electron chi connectivity index (χ2n) is 7.85. The number of ether oxygens (including phenoxy) is 1. The van der Waals surface area contributed by atoms with Gasteiger partial charge in [0.15, 0.2) is 11.6 Å². The second kappa shape index (κ2) is 10.3. The van der Waals surface area contributed by atoms with Crippen molar-refractivity contribution in [2.75, 3.05) is 6.61 Å². The lowest BCUT2D eigenvalue weighted by atomic mass is 10.0. The van der Waals surface area contributed by atoms with E-state index < -0.39 is 11.6 Å². The second-order valence-corrected chi connectivity index (χ2v) is 7.85. The average molecular weight is 444 g/mol. The van der Waals surface area contributed by atoms with Gasteiger partial charge in [0.2, 0.25) is 0 Å². The first kappa shape index (κ1) is 22.5. The third kappa shape index (κ3) is 5.56. The summed E-state index contributed by atoms with van der Waals surface area (Å²) in [5.74, 6) is 4.54. The monoisotopic (exact) mass is 444 g/mol. The standard InChI is InChI=1S/C29H23F3O/c1-2-3-4-15-33-25-13-14-26(27(30)19-25)22-10-7-20(8-11-22)5-6-21-9-12-23-17-28(31)29(32)18-24(23)16-21/h7-14,16-19H,2-4,15H2,1H3. The van der Waals surface area contributed by atoms with E-state index in [-0.39, 0.29) is 5.82 Å². The fourth-order valence-electron chi connectivity index (χ4n) is 3.56. The summed E-state index contributed by atoms with van der Waals surface area (Å²) < 4.78 is 47.1. The first-order valence-electron chi connectivity index (χ1n) is 11.0. The number of hydrogen-bond donors (Lipinski definition) is 0. The Kier molecular flexibility index (Phi) is 7.00. The summed E-state index contributed by atoms with van der Waals surface area (Å²) in [6.07, 6.45) is 3.16. The van der Waals surface area contributed by atoms with Crippen molar-refractivity contribution in [3.05, 3.63) is 101 Å². The predicted molar refractivity (Wildman–Crippen MR) is 127 cm³/mol. The molecule has 4 heteroatoms. The Morgan fingerprint density at radius 1 is 0.667 bits per heavy atom. The Hall–Kier alpha value is -3.71. The van der Waals surface area contributed by atoms with Gasteiger partial charge >= 0.3 is 0 Å². The number of halogens is 3. The van der Waals surface area contributed by atoms with Crippen molar-refractivity contribution in [2.24, 2.45) is 0 Å². The van der Waals surface area contributed by atoms with Gasteiger partial charge in [-0.15, -0.1) is 0 Å². The van der Waals surface area contributed by atoms with Crippen LogP contribution in [0.3, 0.4) is 0 Å². The van der Waals surface area contributed by atoms with Gasteiger partial charge in [-0.3, -0.25) is 0 Å². The van der Waals surface area contributed by atoms with Crippen molar-refractivity contribution < 1.29 is 17.9 Å². The quantitative estimate of drug-likeness (QED) is 0.217. The van der Waals surface area contributed by atoms with E-state index in [9.17, 15) is 13.2 Å². The highest BCUT2D eigenvalue weighted by Gasteiger charge is 2.07. The van der Waals surface area contributed by atoms with E-state index in [4.69, 9.17) is 4.74 Å². The Labute approximate surface area is 191 Å². The SMILES string of the molecule is CCCCCOc1ccc(-c2ccc(C#Cc3ccc4cc(F)c(F)cc4c3)cc2)c(F)c1. The lowest BCUT2D eigenvalue weighted by Gasteiger charge is -2.09. The lowest BCUT2D eigenvalue weighted by molar-refractivity contribution is 0.305. The average Bonchev–Trinajstić information content (AvgIpc) is 2.82. The Morgan fingerprint density at radius 2 is 1.36 bits per heavy atom. The largest absolute Gasteiger partial charge is 0.493 e. The molecule has 1 nitrogen and oxygen atoms in total. The molecule has 4 aromatic carbocycles. The highest BCUT2D eigenvalue weighted by molar-refractivity contribution is 5.84. The fraction of sp³-hybridized carbons (Fsp3) is 0.172. The summed E-state index contributed by atoms with van der Waals surface area (Å²) in [5.41, 5.74) is 2.71. The Morgan fingerprint density at radius 3 is 2.09 bits per heavy atom. The van der Waals surface area contributed by atoms with E-state index in [1.54, 1.807) is 30.3 Å². The molecule has 33 heavy (non-hydrogen) atoms. The van der Waals surface area contributed by atoms with E-state index in [0.29, 0.717) is 34.3 Å². The molecule has 0 aliphatic rings. The van der Waals surface area contributed by atoms with E-state index in [1.165, 1.54) is 18.2 Å². The molecule has 4 aromatic rings. The van der Waals surface area contributed by atoms with Crippen LogP contribution < -0.4 is 4.74 Å². The van der Waals surface area contributed by atoms with Gasteiger partial charge in [-0.1, -0.05) is 49.8 Å². The van der Waals surface area contributed by atoms with Crippen LogP contribution in [0.25, 0.3) is 21.9 Å². The number of rotatable bonds is 6. The minimum Gasteiger partial charge on any atom is -0.493 e. The van der Waals surface area contributed by atoms with Crippen LogP contribution in [0.15, 0.2) is 72.8 Å². The summed E-state index contributed by atoms with van der Waals surface area (Å²) in [7, 11) is 0. The number of benzene rings is 4. The molecule has 0 fully saturated rings. The van der Waals surface area contributed by atoms with Crippen LogP contribution in [0.1, 0.15) is 37.3 Å². The van der Waals surface area contributed by atoms with E-state index in [2.05, 4.69) is 18.8 Å². The first-order valence-corrected chi connectivity index (χ1v) is 11.0. The van der Waals surface area contributed by atoms with Gasteiger partial charge in [0.1, 0.15) is 11.6 Å². The zero-order valence-corrected chi connectivity index (χ0v) is 18.3. The van der Waals surface area contributed by atoms with Crippen LogP contribution in [0.2, 0.25) is 0 Å². The zero-order valence-electron chi connectivity index (χ0n) is 18.3. The van der Waals surface area contributed by atoms with E-state index >= 15 is 0 Å². The topological polar surface area (TPSA) is 9.23 Å². The van der Waals surface area contributed by atoms with E-state index in [0.717, 1.165) is 30.4 Å². The van der Waals surface area contributed by atoms with Crippen LogP contribution in [-0.2, 0) is 0 Å². The maximum atomic E-state index is 14.6. The van der Waals surface area contributed by atoms with Crippen LogP contribution >= 0.6 is 0 Å². The number of hydrogen-bond acceptors (Lipinski definition) is 1. The smallest absolute Gasteiger partial charge is 0.159 e. The van der Waals surface area contributed by atoms with Crippen LogP contribution in [0.4, 0.5) is 13.2 Å². The summed E-state index contributed by atoms with van der Waals surface area (Å²) >= 11 is 0. The zero-order chi connectivity index (χ0) is 23.2. The first-order chi connectivity index (χ1) is 16.0. The van der Waals surface area contributed by atoms with Gasteiger partial charge in [0, 0.05) is 22.8 Å². The molecule has 0 saturated heterocycles. The summed E-state index contributed by atoms with van der Waals surface area (Å²) in [6.45, 7) is 2.71. The Bertz CT molecular complexity index is 1330. The molecule has 0 N–H and O–H groups in total. The third-order valence-corrected chi connectivity index (χ3v) is 5.38. The molecule has 0 saturated carbocycles. The van der Waals surface area contributed by atoms with Crippen molar-refractivity contribution in [2.45, 2.75) is 26.2 Å². The summed E-state index contributed by atoms with van der Waals surface area (Å²) in [6, 6.07) is 19.8. The molecule has 166 valence electrons. The minimum absolute atomic E-state index is 0.332.